The molecule has 0 spiro atoms. The number of ether oxygens (including phenoxy) is 1. The lowest BCUT2D eigenvalue weighted by Gasteiger charge is -1.99. The van der Waals surface area contributed by atoms with Crippen LogP contribution in [0.5, 0.6) is 5.75 Å². The van der Waals surface area contributed by atoms with Crippen molar-refractivity contribution in [3.8, 4) is 17.0 Å². The zero-order valence-corrected chi connectivity index (χ0v) is 10.1. The highest BCUT2D eigenvalue weighted by atomic mass is 31.1. The highest BCUT2D eigenvalue weighted by molar-refractivity contribution is 7.30. The molecule has 0 bridgehead atoms. The zero-order valence-electron chi connectivity index (χ0n) is 9.12. The van der Waals surface area contributed by atoms with Crippen LogP contribution in [0, 0.1) is 0 Å². The summed E-state index contributed by atoms with van der Waals surface area (Å²) in [6.45, 7) is 0. The molecule has 7 heteroatoms. The SMILES string of the molecule is COc1ccc(-c2cc[nH]n2)cc1.O=[PH](O)O. The molecule has 2 aromatic rings. The first-order chi connectivity index (χ1) is 8.13. The molecule has 0 saturated heterocycles. The van der Waals surface area contributed by atoms with Crippen LogP contribution >= 0.6 is 8.25 Å². The second kappa shape index (κ2) is 6.85. The Balaban J connectivity index is 0.000000317. The molecule has 0 aliphatic rings. The number of H-pyrrole nitrogens is 1. The Morgan fingerprint density at radius 2 is 1.82 bits per heavy atom. The van der Waals surface area contributed by atoms with Gasteiger partial charge in [0.15, 0.2) is 0 Å². The van der Waals surface area contributed by atoms with Gasteiger partial charge in [0.25, 0.3) is 0 Å². The van der Waals surface area contributed by atoms with E-state index in [9.17, 15) is 0 Å². The summed E-state index contributed by atoms with van der Waals surface area (Å²) in [5, 5.41) is 6.85. The molecule has 0 aliphatic carbocycles. The van der Waals surface area contributed by atoms with Gasteiger partial charge in [-0.3, -0.25) is 9.66 Å². The maximum atomic E-state index is 8.74. The summed E-state index contributed by atoms with van der Waals surface area (Å²) in [6, 6.07) is 9.74. The summed E-state index contributed by atoms with van der Waals surface area (Å²) in [4.78, 5) is 14.3. The Bertz CT molecular complexity index is 452. The summed E-state index contributed by atoms with van der Waals surface area (Å²) >= 11 is 0. The monoisotopic (exact) mass is 256 g/mol. The Labute approximate surface area is 98.8 Å². The van der Waals surface area contributed by atoms with Gasteiger partial charge >= 0.3 is 8.25 Å². The van der Waals surface area contributed by atoms with Crippen LogP contribution in [-0.4, -0.2) is 27.1 Å². The second-order valence-corrected chi connectivity index (χ2v) is 3.54. The third kappa shape index (κ3) is 4.82. The first-order valence-corrected chi connectivity index (χ1v) is 6.00. The van der Waals surface area contributed by atoms with Crippen molar-refractivity contribution in [1.82, 2.24) is 10.2 Å². The number of methoxy groups -OCH3 is 1. The fourth-order valence-corrected chi connectivity index (χ4v) is 1.18. The normalized spacial score (nSPS) is 9.65. The van der Waals surface area contributed by atoms with Gasteiger partial charge in [0.1, 0.15) is 5.75 Å². The number of aromatic nitrogens is 2. The van der Waals surface area contributed by atoms with Gasteiger partial charge < -0.3 is 14.5 Å². The van der Waals surface area contributed by atoms with Gasteiger partial charge in [-0.05, 0) is 30.3 Å². The van der Waals surface area contributed by atoms with E-state index in [0.717, 1.165) is 17.0 Å². The van der Waals surface area contributed by atoms with Crippen molar-refractivity contribution >= 4 is 8.25 Å². The van der Waals surface area contributed by atoms with E-state index >= 15 is 0 Å². The molecule has 92 valence electrons. The lowest BCUT2D eigenvalue weighted by molar-refractivity contribution is 0.405. The Kier molecular flexibility index (Phi) is 5.42. The van der Waals surface area contributed by atoms with Gasteiger partial charge in [0.2, 0.25) is 0 Å². The van der Waals surface area contributed by atoms with Gasteiger partial charge in [-0.1, -0.05) is 0 Å². The number of hydrogen-bond acceptors (Lipinski definition) is 3. The van der Waals surface area contributed by atoms with Gasteiger partial charge in [-0.25, -0.2) is 0 Å². The molecule has 1 aromatic carbocycles. The number of hydrogen-bond donors (Lipinski definition) is 3. The second-order valence-electron chi connectivity index (χ2n) is 2.97. The van der Waals surface area contributed by atoms with Crippen molar-refractivity contribution in [1.29, 1.82) is 0 Å². The fourth-order valence-electron chi connectivity index (χ4n) is 1.18. The third-order valence-electron chi connectivity index (χ3n) is 1.89. The van der Waals surface area contributed by atoms with Crippen LogP contribution in [-0.2, 0) is 4.57 Å². The standard InChI is InChI=1S/C10H10N2O.H3O3P/c1-13-9-4-2-8(3-5-9)10-6-7-11-12-10;1-4(2)3/h2-7H,1H3,(H,11,12);4H,(H2,1,2,3). The van der Waals surface area contributed by atoms with Crippen LogP contribution < -0.4 is 4.74 Å². The van der Waals surface area contributed by atoms with Gasteiger partial charge in [-0.15, -0.1) is 0 Å². The smallest absolute Gasteiger partial charge is 0.314 e. The van der Waals surface area contributed by atoms with E-state index in [1.165, 1.54) is 0 Å². The van der Waals surface area contributed by atoms with E-state index < -0.39 is 8.25 Å². The Morgan fingerprint density at radius 3 is 2.24 bits per heavy atom. The minimum Gasteiger partial charge on any atom is -0.497 e. The van der Waals surface area contributed by atoms with Crippen LogP contribution in [0.25, 0.3) is 11.3 Å². The lowest BCUT2D eigenvalue weighted by Crippen LogP contribution is -1.82. The molecule has 1 heterocycles. The minimum atomic E-state index is -3.13. The largest absolute Gasteiger partial charge is 0.497 e. The molecule has 0 unspecified atom stereocenters. The maximum absolute atomic E-state index is 8.74. The molecule has 17 heavy (non-hydrogen) atoms. The molecular formula is C10H13N2O4P. The molecule has 1 aromatic heterocycles. The summed E-state index contributed by atoms with van der Waals surface area (Å²) in [5.74, 6) is 0.860. The van der Waals surface area contributed by atoms with E-state index in [1.54, 1.807) is 13.3 Å². The highest BCUT2D eigenvalue weighted by Gasteiger charge is 1.98. The molecule has 0 atom stereocenters. The maximum Gasteiger partial charge on any atom is 0.314 e. The summed E-state index contributed by atoms with van der Waals surface area (Å²) in [5.41, 5.74) is 2.03. The highest BCUT2D eigenvalue weighted by Crippen LogP contribution is 2.19. The van der Waals surface area contributed by atoms with Crippen LogP contribution in [0.1, 0.15) is 0 Å². The Morgan fingerprint density at radius 1 is 1.24 bits per heavy atom. The Hall–Kier alpha value is -1.62. The third-order valence-corrected chi connectivity index (χ3v) is 1.89. The molecule has 6 nitrogen and oxygen atoms in total. The minimum absolute atomic E-state index is 0.860. The van der Waals surface area contributed by atoms with Crippen molar-refractivity contribution in [3.05, 3.63) is 36.5 Å². The van der Waals surface area contributed by atoms with Crippen molar-refractivity contribution in [3.63, 3.8) is 0 Å². The number of aromatic amines is 1. The number of rotatable bonds is 2. The number of nitrogens with one attached hydrogen (secondary N) is 1. The zero-order chi connectivity index (χ0) is 12.7. The van der Waals surface area contributed by atoms with E-state index in [0.29, 0.717) is 0 Å². The predicted molar refractivity (Wildman–Crippen MR) is 64.0 cm³/mol. The molecular weight excluding hydrogens is 243 g/mol. The van der Waals surface area contributed by atoms with Gasteiger partial charge in [0, 0.05) is 11.8 Å². The summed E-state index contributed by atoms with van der Waals surface area (Å²) in [6.07, 6.45) is 1.81. The van der Waals surface area contributed by atoms with E-state index in [4.69, 9.17) is 19.1 Å². The van der Waals surface area contributed by atoms with Crippen molar-refractivity contribution in [2.45, 2.75) is 0 Å². The number of nitrogens with zero attached hydrogens (tertiary/aromatic N) is 1. The molecule has 0 fully saturated rings. The van der Waals surface area contributed by atoms with Crippen LogP contribution in [0.15, 0.2) is 36.5 Å². The van der Waals surface area contributed by atoms with Gasteiger partial charge in [0.05, 0.1) is 12.8 Å². The van der Waals surface area contributed by atoms with E-state index in [2.05, 4.69) is 10.2 Å². The average Bonchev–Trinajstić information content (AvgIpc) is 2.82. The first kappa shape index (κ1) is 13.4. The molecule has 0 saturated carbocycles. The van der Waals surface area contributed by atoms with Crippen molar-refractivity contribution < 1.29 is 19.1 Å². The van der Waals surface area contributed by atoms with Crippen LogP contribution in [0.2, 0.25) is 0 Å². The van der Waals surface area contributed by atoms with Crippen LogP contribution in [0.3, 0.4) is 0 Å². The molecule has 2 rings (SSSR count). The van der Waals surface area contributed by atoms with E-state index in [1.807, 2.05) is 30.3 Å². The van der Waals surface area contributed by atoms with Crippen LogP contribution in [0.4, 0.5) is 0 Å². The molecule has 3 N–H and O–H groups in total. The molecule has 0 aliphatic heterocycles. The summed E-state index contributed by atoms with van der Waals surface area (Å²) < 4.78 is 13.8. The number of benzene rings is 1. The quantitative estimate of drug-likeness (QED) is 0.707. The first-order valence-electron chi connectivity index (χ1n) is 4.69. The predicted octanol–water partition coefficient (Wildman–Crippen LogP) is 1.45. The van der Waals surface area contributed by atoms with Crippen molar-refractivity contribution in [2.24, 2.45) is 0 Å². The topological polar surface area (TPSA) is 95.4 Å². The van der Waals surface area contributed by atoms with E-state index in [-0.39, 0.29) is 0 Å². The average molecular weight is 256 g/mol. The summed E-state index contributed by atoms with van der Waals surface area (Å²) in [7, 11) is -1.47. The fraction of sp³-hybridized carbons (Fsp3) is 0.100. The molecule has 0 radical (unpaired) electrons. The lowest BCUT2D eigenvalue weighted by atomic mass is 10.1. The van der Waals surface area contributed by atoms with Crippen molar-refractivity contribution in [2.75, 3.05) is 7.11 Å². The van der Waals surface area contributed by atoms with Gasteiger partial charge in [-0.2, -0.15) is 5.10 Å². The molecule has 0 amide bonds.